The van der Waals surface area contributed by atoms with Crippen LogP contribution in [0.5, 0.6) is 0 Å². The van der Waals surface area contributed by atoms with Crippen molar-refractivity contribution in [1.29, 1.82) is 0 Å². The van der Waals surface area contributed by atoms with E-state index in [4.69, 9.17) is 27.9 Å². The van der Waals surface area contributed by atoms with Crippen molar-refractivity contribution in [3.8, 4) is 0 Å². The van der Waals surface area contributed by atoms with Crippen molar-refractivity contribution in [2.75, 3.05) is 7.11 Å². The lowest BCUT2D eigenvalue weighted by molar-refractivity contribution is 0.0598. The summed E-state index contributed by atoms with van der Waals surface area (Å²) in [6, 6.07) is 3.27. The first kappa shape index (κ1) is 13.3. The maximum atomic E-state index is 11.6. The Morgan fingerprint density at radius 2 is 1.69 bits per heavy atom. The van der Waals surface area contributed by atoms with E-state index < -0.39 is 5.97 Å². The average molecular weight is 261 g/mol. The third-order valence-corrected chi connectivity index (χ3v) is 3.00. The van der Waals surface area contributed by atoms with Crippen molar-refractivity contribution in [2.45, 2.75) is 26.2 Å². The van der Waals surface area contributed by atoms with Crippen LogP contribution in [0, 0.1) is 0 Å². The number of hydrogen-bond acceptors (Lipinski definition) is 2. The van der Waals surface area contributed by atoms with Crippen molar-refractivity contribution in [2.24, 2.45) is 0 Å². The van der Waals surface area contributed by atoms with Crippen LogP contribution in [0.25, 0.3) is 0 Å². The van der Waals surface area contributed by atoms with Gasteiger partial charge in [-0.25, -0.2) is 4.79 Å². The fraction of sp³-hybridized carbons (Fsp3) is 0.417. The fourth-order valence-electron chi connectivity index (χ4n) is 1.45. The molecular formula is C12H14Cl2O2. The van der Waals surface area contributed by atoms with E-state index in [0.29, 0.717) is 15.6 Å². The Balaban J connectivity index is 3.45. The van der Waals surface area contributed by atoms with Gasteiger partial charge in [-0.15, -0.1) is 0 Å². The Kier molecular flexibility index (Phi) is 3.87. The lowest BCUT2D eigenvalue weighted by Gasteiger charge is -2.22. The van der Waals surface area contributed by atoms with Gasteiger partial charge in [-0.05, 0) is 23.1 Å². The standard InChI is InChI=1S/C12H14Cl2O2/c1-12(2,3)8-6-10(14)9(13)5-7(8)11(15)16-4/h5-6H,1-4H3. The first-order chi connectivity index (χ1) is 7.27. The molecule has 0 aromatic heterocycles. The van der Waals surface area contributed by atoms with Crippen LogP contribution < -0.4 is 0 Å². The number of halogens is 2. The first-order valence-corrected chi connectivity index (χ1v) is 5.61. The lowest BCUT2D eigenvalue weighted by Crippen LogP contribution is -2.17. The fourth-order valence-corrected chi connectivity index (χ4v) is 1.77. The highest BCUT2D eigenvalue weighted by Crippen LogP contribution is 2.33. The minimum absolute atomic E-state index is 0.197. The summed E-state index contributed by atoms with van der Waals surface area (Å²) in [6.45, 7) is 6.00. The molecule has 16 heavy (non-hydrogen) atoms. The summed E-state index contributed by atoms with van der Waals surface area (Å²) in [5.41, 5.74) is 1.09. The average Bonchev–Trinajstić information content (AvgIpc) is 2.18. The summed E-state index contributed by atoms with van der Waals surface area (Å²) >= 11 is 11.9. The predicted molar refractivity (Wildman–Crippen MR) is 66.5 cm³/mol. The van der Waals surface area contributed by atoms with Gasteiger partial charge in [-0.1, -0.05) is 44.0 Å². The molecule has 0 aliphatic carbocycles. The van der Waals surface area contributed by atoms with Gasteiger partial charge < -0.3 is 4.74 Å². The van der Waals surface area contributed by atoms with Gasteiger partial charge in [0.1, 0.15) is 0 Å². The minimum atomic E-state index is -0.400. The maximum Gasteiger partial charge on any atom is 0.338 e. The Hall–Kier alpha value is -0.730. The number of rotatable bonds is 1. The monoisotopic (exact) mass is 260 g/mol. The van der Waals surface area contributed by atoms with Crippen molar-refractivity contribution in [3.63, 3.8) is 0 Å². The molecule has 1 rings (SSSR count). The van der Waals surface area contributed by atoms with E-state index in [-0.39, 0.29) is 5.41 Å². The molecule has 0 aliphatic rings. The SMILES string of the molecule is COC(=O)c1cc(Cl)c(Cl)cc1C(C)(C)C. The number of carbonyl (C=O) groups is 1. The van der Waals surface area contributed by atoms with Crippen molar-refractivity contribution in [1.82, 2.24) is 0 Å². The van der Waals surface area contributed by atoms with Crippen molar-refractivity contribution >= 4 is 29.2 Å². The van der Waals surface area contributed by atoms with Crippen LogP contribution in [0.3, 0.4) is 0 Å². The number of carbonyl (C=O) groups excluding carboxylic acids is 1. The summed E-state index contributed by atoms with van der Waals surface area (Å²) in [4.78, 5) is 11.6. The Morgan fingerprint density at radius 1 is 1.19 bits per heavy atom. The highest BCUT2D eigenvalue weighted by molar-refractivity contribution is 6.42. The summed E-state index contributed by atoms with van der Waals surface area (Å²) in [5, 5.41) is 0.800. The zero-order chi connectivity index (χ0) is 12.5. The van der Waals surface area contributed by atoms with Gasteiger partial charge >= 0.3 is 5.97 Å². The van der Waals surface area contributed by atoms with E-state index in [1.807, 2.05) is 20.8 Å². The number of hydrogen-bond donors (Lipinski definition) is 0. The van der Waals surface area contributed by atoms with Gasteiger partial charge in [0.15, 0.2) is 0 Å². The molecule has 0 radical (unpaired) electrons. The van der Waals surface area contributed by atoms with E-state index in [1.54, 1.807) is 12.1 Å². The van der Waals surface area contributed by atoms with Crippen LogP contribution in [0.1, 0.15) is 36.7 Å². The molecule has 4 heteroatoms. The van der Waals surface area contributed by atoms with Gasteiger partial charge in [0.25, 0.3) is 0 Å². The number of methoxy groups -OCH3 is 1. The maximum absolute atomic E-state index is 11.6. The summed E-state index contributed by atoms with van der Waals surface area (Å²) in [5.74, 6) is -0.400. The molecule has 88 valence electrons. The normalized spacial score (nSPS) is 11.4. The van der Waals surface area contributed by atoms with E-state index in [2.05, 4.69) is 0 Å². The van der Waals surface area contributed by atoms with Gasteiger partial charge in [0.2, 0.25) is 0 Å². The zero-order valence-electron chi connectivity index (χ0n) is 9.73. The molecule has 0 unspecified atom stereocenters. The quantitative estimate of drug-likeness (QED) is 0.712. The molecule has 1 aromatic rings. The molecule has 0 N–H and O–H groups in total. The summed E-state index contributed by atoms with van der Waals surface area (Å²) in [6.07, 6.45) is 0. The van der Waals surface area contributed by atoms with Crippen LogP contribution in [-0.4, -0.2) is 13.1 Å². The molecule has 1 aromatic carbocycles. The predicted octanol–water partition coefficient (Wildman–Crippen LogP) is 4.08. The number of benzene rings is 1. The van der Waals surface area contributed by atoms with Gasteiger partial charge in [0, 0.05) is 0 Å². The molecule has 0 saturated heterocycles. The highest BCUT2D eigenvalue weighted by atomic mass is 35.5. The van der Waals surface area contributed by atoms with Gasteiger partial charge in [-0.3, -0.25) is 0 Å². The molecule has 0 spiro atoms. The minimum Gasteiger partial charge on any atom is -0.465 e. The van der Waals surface area contributed by atoms with Gasteiger partial charge in [0.05, 0.1) is 22.7 Å². The highest BCUT2D eigenvalue weighted by Gasteiger charge is 2.23. The molecule has 2 nitrogen and oxygen atoms in total. The smallest absolute Gasteiger partial charge is 0.338 e. The van der Waals surface area contributed by atoms with Crippen molar-refractivity contribution < 1.29 is 9.53 Å². The second-order valence-corrected chi connectivity index (χ2v) is 5.37. The largest absolute Gasteiger partial charge is 0.465 e. The lowest BCUT2D eigenvalue weighted by atomic mass is 9.84. The third-order valence-electron chi connectivity index (χ3n) is 2.27. The van der Waals surface area contributed by atoms with Crippen LogP contribution in [0.15, 0.2) is 12.1 Å². The Bertz CT molecular complexity index is 420. The third kappa shape index (κ3) is 2.69. The number of esters is 1. The molecule has 0 aliphatic heterocycles. The Labute approximate surface area is 106 Å². The van der Waals surface area contributed by atoms with Crippen LogP contribution in [-0.2, 0) is 10.2 Å². The zero-order valence-corrected chi connectivity index (χ0v) is 11.2. The topological polar surface area (TPSA) is 26.3 Å². The molecule has 0 bridgehead atoms. The number of ether oxygens (including phenoxy) is 1. The van der Waals surface area contributed by atoms with E-state index in [9.17, 15) is 4.79 Å². The first-order valence-electron chi connectivity index (χ1n) is 4.85. The Morgan fingerprint density at radius 3 is 2.12 bits per heavy atom. The van der Waals surface area contributed by atoms with Gasteiger partial charge in [-0.2, -0.15) is 0 Å². The second kappa shape index (κ2) is 4.64. The second-order valence-electron chi connectivity index (χ2n) is 4.55. The van der Waals surface area contributed by atoms with Crippen LogP contribution in [0.2, 0.25) is 10.0 Å². The molecule has 0 amide bonds. The summed E-state index contributed by atoms with van der Waals surface area (Å²) in [7, 11) is 1.34. The van der Waals surface area contributed by atoms with E-state index >= 15 is 0 Å². The van der Waals surface area contributed by atoms with Crippen LogP contribution >= 0.6 is 23.2 Å². The molecule has 0 atom stereocenters. The molecule has 0 fully saturated rings. The molecule has 0 saturated carbocycles. The van der Waals surface area contributed by atoms with Crippen LogP contribution in [0.4, 0.5) is 0 Å². The van der Waals surface area contributed by atoms with Crippen molar-refractivity contribution in [3.05, 3.63) is 33.3 Å². The van der Waals surface area contributed by atoms with E-state index in [1.165, 1.54) is 7.11 Å². The van der Waals surface area contributed by atoms with E-state index in [0.717, 1.165) is 5.56 Å². The molecule has 0 heterocycles. The molecular weight excluding hydrogens is 247 g/mol. The summed E-state index contributed by atoms with van der Waals surface area (Å²) < 4.78 is 4.73.